The van der Waals surface area contributed by atoms with Crippen LogP contribution in [-0.2, 0) is 14.3 Å². The molecule has 0 bridgehead atoms. The topological polar surface area (TPSA) is 73.2 Å². The number of carbonyl (C=O) groups is 2. The van der Waals surface area contributed by atoms with Crippen molar-refractivity contribution >= 4 is 18.0 Å². The average Bonchev–Trinajstić information content (AvgIpc) is 3.02. The normalized spacial score (nSPS) is 21.5. The Kier molecular flexibility index (Phi) is 7.08. The Morgan fingerprint density at radius 3 is 2.67 bits per heavy atom. The van der Waals surface area contributed by atoms with Crippen molar-refractivity contribution in [3.8, 4) is 5.69 Å². The number of esters is 1. The van der Waals surface area contributed by atoms with Gasteiger partial charge in [0, 0.05) is 23.4 Å². The molecular weight excluding hydrogens is 378 g/mol. The van der Waals surface area contributed by atoms with Crippen LogP contribution in [0.2, 0.25) is 0 Å². The summed E-state index contributed by atoms with van der Waals surface area (Å²) in [5, 5.41) is 7.57. The van der Waals surface area contributed by atoms with E-state index in [4.69, 9.17) is 4.74 Å². The van der Waals surface area contributed by atoms with Crippen LogP contribution in [-0.4, -0.2) is 34.3 Å². The number of aromatic nitrogens is 2. The molecule has 1 aliphatic rings. The SMILES string of the molecule is Cc1nn(-c2ccccc2)c(C)c1/C=C/C(=O)OCC(=O)NC1CCCC(C)C1C. The van der Waals surface area contributed by atoms with Gasteiger partial charge in [-0.25, -0.2) is 9.48 Å². The number of nitrogens with one attached hydrogen (secondary N) is 1. The molecule has 3 rings (SSSR count). The molecule has 1 aliphatic carbocycles. The van der Waals surface area contributed by atoms with Gasteiger partial charge in [-0.1, -0.05) is 44.9 Å². The van der Waals surface area contributed by atoms with Crippen molar-refractivity contribution in [2.24, 2.45) is 11.8 Å². The van der Waals surface area contributed by atoms with Crippen molar-refractivity contribution < 1.29 is 14.3 Å². The molecule has 1 N–H and O–H groups in total. The number of amides is 1. The van der Waals surface area contributed by atoms with Crippen LogP contribution in [0.4, 0.5) is 0 Å². The van der Waals surface area contributed by atoms with E-state index in [2.05, 4.69) is 24.3 Å². The van der Waals surface area contributed by atoms with Crippen molar-refractivity contribution in [1.82, 2.24) is 15.1 Å². The molecule has 1 saturated carbocycles. The second-order valence-corrected chi connectivity index (χ2v) is 8.21. The zero-order chi connectivity index (χ0) is 21.7. The Morgan fingerprint density at radius 1 is 1.20 bits per heavy atom. The second-order valence-electron chi connectivity index (χ2n) is 8.21. The second kappa shape index (κ2) is 9.74. The molecule has 1 amide bonds. The minimum atomic E-state index is -0.540. The summed E-state index contributed by atoms with van der Waals surface area (Å²) >= 11 is 0. The summed E-state index contributed by atoms with van der Waals surface area (Å²) in [5.74, 6) is 0.247. The zero-order valence-corrected chi connectivity index (χ0v) is 18.2. The maximum Gasteiger partial charge on any atom is 0.331 e. The smallest absolute Gasteiger partial charge is 0.331 e. The molecule has 0 saturated heterocycles. The zero-order valence-electron chi connectivity index (χ0n) is 18.2. The number of ether oxygens (including phenoxy) is 1. The molecule has 2 aromatic rings. The number of hydrogen-bond donors (Lipinski definition) is 1. The number of rotatable bonds is 6. The van der Waals surface area contributed by atoms with Crippen molar-refractivity contribution in [2.45, 2.75) is 53.0 Å². The van der Waals surface area contributed by atoms with Crippen molar-refractivity contribution in [3.05, 3.63) is 53.4 Å². The first-order valence-corrected chi connectivity index (χ1v) is 10.6. The van der Waals surface area contributed by atoms with Crippen LogP contribution in [0.1, 0.15) is 50.1 Å². The first-order valence-electron chi connectivity index (χ1n) is 10.6. The Balaban J connectivity index is 1.55. The van der Waals surface area contributed by atoms with Gasteiger partial charge in [-0.2, -0.15) is 5.10 Å². The van der Waals surface area contributed by atoms with Crippen molar-refractivity contribution in [1.29, 1.82) is 0 Å². The third-order valence-electron chi connectivity index (χ3n) is 6.13. The van der Waals surface area contributed by atoms with Crippen LogP contribution in [0.5, 0.6) is 0 Å². The summed E-state index contributed by atoms with van der Waals surface area (Å²) in [7, 11) is 0. The fourth-order valence-electron chi connectivity index (χ4n) is 4.09. The summed E-state index contributed by atoms with van der Waals surface area (Å²) in [4.78, 5) is 24.3. The Morgan fingerprint density at radius 2 is 1.93 bits per heavy atom. The lowest BCUT2D eigenvalue weighted by Gasteiger charge is -2.34. The van der Waals surface area contributed by atoms with Gasteiger partial charge >= 0.3 is 5.97 Å². The molecular formula is C24H31N3O3. The lowest BCUT2D eigenvalue weighted by atomic mass is 9.78. The van der Waals surface area contributed by atoms with Crippen LogP contribution >= 0.6 is 0 Å². The van der Waals surface area contributed by atoms with E-state index in [-0.39, 0.29) is 18.6 Å². The maximum absolute atomic E-state index is 12.2. The summed E-state index contributed by atoms with van der Waals surface area (Å²) in [6.45, 7) is 7.98. The van der Waals surface area contributed by atoms with Crippen LogP contribution < -0.4 is 5.32 Å². The van der Waals surface area contributed by atoms with Gasteiger partial charge in [-0.15, -0.1) is 0 Å². The van der Waals surface area contributed by atoms with Gasteiger partial charge in [0.1, 0.15) is 0 Å². The predicted octanol–water partition coefficient (Wildman–Crippen LogP) is 3.99. The highest BCUT2D eigenvalue weighted by Gasteiger charge is 2.28. The molecule has 30 heavy (non-hydrogen) atoms. The van der Waals surface area contributed by atoms with Crippen LogP contribution in [0, 0.1) is 25.7 Å². The molecule has 3 atom stereocenters. The minimum Gasteiger partial charge on any atom is -0.452 e. The van der Waals surface area contributed by atoms with Gasteiger partial charge in [0.05, 0.1) is 11.4 Å². The van der Waals surface area contributed by atoms with Gasteiger partial charge in [0.25, 0.3) is 5.91 Å². The lowest BCUT2D eigenvalue weighted by Crippen LogP contribution is -2.45. The summed E-state index contributed by atoms with van der Waals surface area (Å²) in [5.41, 5.74) is 3.58. The van der Waals surface area contributed by atoms with Crippen molar-refractivity contribution in [3.63, 3.8) is 0 Å². The van der Waals surface area contributed by atoms with E-state index >= 15 is 0 Å². The molecule has 0 radical (unpaired) electrons. The molecule has 6 nitrogen and oxygen atoms in total. The molecule has 1 fully saturated rings. The number of hydrogen-bond acceptors (Lipinski definition) is 4. The monoisotopic (exact) mass is 409 g/mol. The number of para-hydroxylation sites is 1. The van der Waals surface area contributed by atoms with E-state index in [0.717, 1.165) is 35.5 Å². The molecule has 0 aliphatic heterocycles. The first kappa shape index (κ1) is 21.8. The number of nitrogens with zero attached hydrogens (tertiary/aromatic N) is 2. The van der Waals surface area contributed by atoms with Crippen molar-refractivity contribution in [2.75, 3.05) is 6.61 Å². The Bertz CT molecular complexity index is 917. The molecule has 6 heteroatoms. The third-order valence-corrected chi connectivity index (χ3v) is 6.13. The van der Waals surface area contributed by atoms with E-state index in [1.807, 2.05) is 48.9 Å². The Hall–Kier alpha value is -2.89. The lowest BCUT2D eigenvalue weighted by molar-refractivity contribution is -0.144. The van der Waals surface area contributed by atoms with Gasteiger partial charge in [-0.3, -0.25) is 4.79 Å². The fourth-order valence-corrected chi connectivity index (χ4v) is 4.09. The molecule has 1 heterocycles. The van der Waals surface area contributed by atoms with Crippen LogP contribution in [0.3, 0.4) is 0 Å². The average molecular weight is 410 g/mol. The molecule has 3 unspecified atom stereocenters. The highest BCUT2D eigenvalue weighted by atomic mass is 16.5. The van der Waals surface area contributed by atoms with E-state index in [1.54, 1.807) is 6.08 Å². The largest absolute Gasteiger partial charge is 0.452 e. The van der Waals surface area contributed by atoms with Gasteiger partial charge < -0.3 is 10.1 Å². The fraction of sp³-hybridized carbons (Fsp3) is 0.458. The standard InChI is InChI=1S/C24H31N3O3/c1-16-9-8-12-22(17(16)2)25-23(28)15-30-24(29)14-13-21-18(3)26-27(19(21)4)20-10-6-5-7-11-20/h5-7,10-11,13-14,16-17,22H,8-9,12,15H2,1-4H3,(H,25,28)/b14-13+. The van der Waals surface area contributed by atoms with Gasteiger partial charge in [0.15, 0.2) is 6.61 Å². The van der Waals surface area contributed by atoms with Crippen LogP contribution in [0.25, 0.3) is 11.8 Å². The predicted molar refractivity (Wildman–Crippen MR) is 117 cm³/mol. The summed E-state index contributed by atoms with van der Waals surface area (Å²) in [6, 6.07) is 9.99. The van der Waals surface area contributed by atoms with Gasteiger partial charge in [-0.05, 0) is 50.3 Å². The third kappa shape index (κ3) is 5.17. The molecule has 1 aromatic carbocycles. The van der Waals surface area contributed by atoms with E-state index in [1.165, 1.54) is 12.5 Å². The van der Waals surface area contributed by atoms with E-state index in [0.29, 0.717) is 11.8 Å². The maximum atomic E-state index is 12.2. The van der Waals surface area contributed by atoms with Crippen LogP contribution in [0.15, 0.2) is 36.4 Å². The number of aryl methyl sites for hydroxylation is 1. The van der Waals surface area contributed by atoms with Gasteiger partial charge in [0.2, 0.25) is 0 Å². The van der Waals surface area contributed by atoms with E-state index in [9.17, 15) is 9.59 Å². The highest BCUT2D eigenvalue weighted by molar-refractivity contribution is 5.89. The Labute approximate surface area is 178 Å². The molecule has 0 spiro atoms. The summed E-state index contributed by atoms with van der Waals surface area (Å²) in [6.07, 6.45) is 6.35. The quantitative estimate of drug-likeness (QED) is 0.578. The molecule has 1 aromatic heterocycles. The highest BCUT2D eigenvalue weighted by Crippen LogP contribution is 2.29. The minimum absolute atomic E-state index is 0.157. The first-order chi connectivity index (χ1) is 14.4. The molecule has 160 valence electrons. The number of carbonyl (C=O) groups excluding carboxylic acids is 2. The number of benzene rings is 1. The van der Waals surface area contributed by atoms with E-state index < -0.39 is 5.97 Å². The summed E-state index contributed by atoms with van der Waals surface area (Å²) < 4.78 is 6.98.